The van der Waals surface area contributed by atoms with Crippen molar-refractivity contribution >= 4 is 5.69 Å². The Balaban J connectivity index is 2.34. The minimum atomic E-state index is -0.496. The first-order chi connectivity index (χ1) is 8.09. The number of benzene rings is 1. The second kappa shape index (κ2) is 4.79. The van der Waals surface area contributed by atoms with Crippen molar-refractivity contribution in [2.75, 3.05) is 0 Å². The summed E-state index contributed by atoms with van der Waals surface area (Å²) in [4.78, 5) is 10.4. The molecule has 92 valence electrons. The molecule has 2 N–H and O–H groups in total. The predicted molar refractivity (Wildman–Crippen MR) is 61.9 cm³/mol. The number of halogens is 1. The molecule has 0 amide bonds. The lowest BCUT2D eigenvalue weighted by molar-refractivity contribution is -0.385. The van der Waals surface area contributed by atoms with Crippen LogP contribution in [0, 0.1) is 21.8 Å². The van der Waals surface area contributed by atoms with Crippen molar-refractivity contribution in [3.63, 3.8) is 0 Å². The van der Waals surface area contributed by atoms with E-state index in [0.29, 0.717) is 5.56 Å². The molecule has 0 unspecified atom stereocenters. The molecule has 2 rings (SSSR count). The number of rotatable bonds is 3. The van der Waals surface area contributed by atoms with Crippen LogP contribution < -0.4 is 5.73 Å². The number of hydrogen-bond acceptors (Lipinski definition) is 3. The molecule has 1 fully saturated rings. The van der Waals surface area contributed by atoms with Crippen molar-refractivity contribution in [2.45, 2.75) is 31.7 Å². The summed E-state index contributed by atoms with van der Waals surface area (Å²) >= 11 is 0. The van der Waals surface area contributed by atoms with Crippen molar-refractivity contribution in [3.05, 3.63) is 39.7 Å². The first-order valence-electron chi connectivity index (χ1n) is 5.79. The van der Waals surface area contributed by atoms with Crippen LogP contribution in [-0.2, 0) is 0 Å². The highest BCUT2D eigenvalue weighted by Gasteiger charge is 2.28. The SMILES string of the molecule is N[C@@H](c1cc(F)ccc1[N+](=O)[O-])C1CCCC1. The van der Waals surface area contributed by atoms with E-state index in [2.05, 4.69) is 0 Å². The third kappa shape index (κ3) is 2.44. The smallest absolute Gasteiger partial charge is 0.274 e. The van der Waals surface area contributed by atoms with Gasteiger partial charge in [-0.05, 0) is 30.9 Å². The maximum absolute atomic E-state index is 13.2. The van der Waals surface area contributed by atoms with E-state index in [0.717, 1.165) is 31.7 Å². The van der Waals surface area contributed by atoms with Gasteiger partial charge in [0.25, 0.3) is 5.69 Å². The van der Waals surface area contributed by atoms with Crippen molar-refractivity contribution in [3.8, 4) is 0 Å². The average Bonchev–Trinajstić information content (AvgIpc) is 2.80. The van der Waals surface area contributed by atoms with Gasteiger partial charge in [0.05, 0.1) is 4.92 Å². The molecule has 5 heteroatoms. The minimum absolute atomic E-state index is 0.0780. The van der Waals surface area contributed by atoms with Crippen LogP contribution >= 0.6 is 0 Å². The van der Waals surface area contributed by atoms with Crippen LogP contribution in [0.2, 0.25) is 0 Å². The lowest BCUT2D eigenvalue weighted by Crippen LogP contribution is -2.20. The van der Waals surface area contributed by atoms with Gasteiger partial charge in [-0.3, -0.25) is 10.1 Å². The van der Waals surface area contributed by atoms with E-state index in [-0.39, 0.29) is 11.6 Å². The molecule has 0 radical (unpaired) electrons. The third-order valence-corrected chi connectivity index (χ3v) is 3.45. The Labute approximate surface area is 98.8 Å². The normalized spacial score (nSPS) is 18.2. The number of hydrogen-bond donors (Lipinski definition) is 1. The average molecular weight is 238 g/mol. The standard InChI is InChI=1S/C12H15FN2O2/c13-9-5-6-11(15(16)17)10(7-9)12(14)8-3-1-2-4-8/h5-8,12H,1-4,14H2/t12-/m1/s1. The van der Waals surface area contributed by atoms with Crippen molar-refractivity contribution < 1.29 is 9.31 Å². The van der Waals surface area contributed by atoms with E-state index in [1.165, 1.54) is 12.1 Å². The summed E-state index contributed by atoms with van der Waals surface area (Å²) in [6.07, 6.45) is 4.13. The van der Waals surface area contributed by atoms with Crippen LogP contribution in [-0.4, -0.2) is 4.92 Å². The van der Waals surface area contributed by atoms with Gasteiger partial charge in [0.15, 0.2) is 0 Å². The Morgan fingerprint density at radius 3 is 2.65 bits per heavy atom. The molecule has 1 atom stereocenters. The second-order valence-electron chi connectivity index (χ2n) is 4.53. The summed E-state index contributed by atoms with van der Waals surface area (Å²) in [5, 5.41) is 10.9. The zero-order valence-corrected chi connectivity index (χ0v) is 9.43. The molecule has 0 aromatic heterocycles. The van der Waals surface area contributed by atoms with Crippen LogP contribution in [0.3, 0.4) is 0 Å². The Hall–Kier alpha value is -1.49. The maximum Gasteiger partial charge on any atom is 0.274 e. The summed E-state index contributed by atoms with van der Waals surface area (Å²) in [6.45, 7) is 0. The van der Waals surface area contributed by atoms with E-state index in [1.54, 1.807) is 0 Å². The topological polar surface area (TPSA) is 69.2 Å². The van der Waals surface area contributed by atoms with E-state index in [4.69, 9.17) is 5.73 Å². The molecule has 1 aliphatic rings. The fraction of sp³-hybridized carbons (Fsp3) is 0.500. The largest absolute Gasteiger partial charge is 0.323 e. The summed E-state index contributed by atoms with van der Waals surface area (Å²) in [6, 6.07) is 3.05. The Bertz CT molecular complexity index is 431. The number of nitro benzene ring substituents is 1. The highest BCUT2D eigenvalue weighted by molar-refractivity contribution is 5.42. The molecule has 4 nitrogen and oxygen atoms in total. The Kier molecular flexibility index (Phi) is 3.38. The fourth-order valence-electron chi connectivity index (χ4n) is 2.53. The number of nitrogens with two attached hydrogens (primary N) is 1. The van der Waals surface area contributed by atoms with Gasteiger partial charge in [0, 0.05) is 17.7 Å². The van der Waals surface area contributed by atoms with Gasteiger partial charge in [-0.2, -0.15) is 0 Å². The lowest BCUT2D eigenvalue weighted by atomic mass is 9.91. The molecule has 1 saturated carbocycles. The first-order valence-corrected chi connectivity index (χ1v) is 5.79. The lowest BCUT2D eigenvalue weighted by Gasteiger charge is -2.19. The molecule has 0 heterocycles. The molecule has 17 heavy (non-hydrogen) atoms. The van der Waals surface area contributed by atoms with Crippen LogP contribution in [0.4, 0.5) is 10.1 Å². The molecule has 0 saturated heterocycles. The number of nitrogens with zero attached hydrogens (tertiary/aromatic N) is 1. The quantitative estimate of drug-likeness (QED) is 0.650. The van der Waals surface area contributed by atoms with E-state index >= 15 is 0 Å². The molecule has 0 bridgehead atoms. The second-order valence-corrected chi connectivity index (χ2v) is 4.53. The zero-order chi connectivity index (χ0) is 12.4. The van der Waals surface area contributed by atoms with Crippen LogP contribution in [0.5, 0.6) is 0 Å². The monoisotopic (exact) mass is 238 g/mol. The summed E-state index contributed by atoms with van der Waals surface area (Å²) in [7, 11) is 0. The summed E-state index contributed by atoms with van der Waals surface area (Å²) in [5.74, 6) is -0.241. The van der Waals surface area contributed by atoms with Gasteiger partial charge in [0.2, 0.25) is 0 Å². The van der Waals surface area contributed by atoms with Gasteiger partial charge in [-0.15, -0.1) is 0 Å². The fourth-order valence-corrected chi connectivity index (χ4v) is 2.53. The third-order valence-electron chi connectivity index (χ3n) is 3.45. The summed E-state index contributed by atoms with van der Waals surface area (Å²) in [5.41, 5.74) is 6.28. The molecular formula is C12H15FN2O2. The Morgan fingerprint density at radius 2 is 2.06 bits per heavy atom. The Morgan fingerprint density at radius 1 is 1.41 bits per heavy atom. The molecule has 1 aliphatic carbocycles. The van der Waals surface area contributed by atoms with Gasteiger partial charge >= 0.3 is 0 Å². The van der Waals surface area contributed by atoms with Gasteiger partial charge in [-0.25, -0.2) is 4.39 Å². The van der Waals surface area contributed by atoms with Crippen molar-refractivity contribution in [1.82, 2.24) is 0 Å². The highest BCUT2D eigenvalue weighted by atomic mass is 19.1. The maximum atomic E-state index is 13.2. The van der Waals surface area contributed by atoms with E-state index in [9.17, 15) is 14.5 Å². The number of nitro groups is 1. The molecule has 1 aromatic rings. The van der Waals surface area contributed by atoms with Crippen LogP contribution in [0.1, 0.15) is 37.3 Å². The molecular weight excluding hydrogens is 223 g/mol. The van der Waals surface area contributed by atoms with Crippen molar-refractivity contribution in [1.29, 1.82) is 0 Å². The van der Waals surface area contributed by atoms with Crippen LogP contribution in [0.25, 0.3) is 0 Å². The van der Waals surface area contributed by atoms with Crippen LogP contribution in [0.15, 0.2) is 18.2 Å². The van der Waals surface area contributed by atoms with E-state index < -0.39 is 16.8 Å². The summed E-state index contributed by atoms with van der Waals surface area (Å²) < 4.78 is 13.2. The molecule has 1 aromatic carbocycles. The zero-order valence-electron chi connectivity index (χ0n) is 9.43. The minimum Gasteiger partial charge on any atom is -0.323 e. The highest BCUT2D eigenvalue weighted by Crippen LogP contribution is 2.37. The molecule has 0 aliphatic heterocycles. The van der Waals surface area contributed by atoms with Gasteiger partial charge in [-0.1, -0.05) is 12.8 Å². The molecule has 0 spiro atoms. The van der Waals surface area contributed by atoms with E-state index in [1.807, 2.05) is 0 Å². The van der Waals surface area contributed by atoms with Gasteiger partial charge < -0.3 is 5.73 Å². The predicted octanol–water partition coefficient (Wildman–Crippen LogP) is 2.92. The first kappa shape index (κ1) is 12.0. The van der Waals surface area contributed by atoms with Crippen molar-refractivity contribution in [2.24, 2.45) is 11.7 Å². The van der Waals surface area contributed by atoms with Gasteiger partial charge in [0.1, 0.15) is 5.82 Å².